The Morgan fingerprint density at radius 2 is 2.25 bits per heavy atom. The van der Waals surface area contributed by atoms with Crippen LogP contribution in [0.5, 0.6) is 5.75 Å². The van der Waals surface area contributed by atoms with Crippen LogP contribution in [0.15, 0.2) is 18.2 Å². The lowest BCUT2D eigenvalue weighted by Crippen LogP contribution is -2.45. The molecule has 0 aliphatic carbocycles. The largest absolute Gasteiger partial charge is 0.487 e. The third kappa shape index (κ3) is 4.58. The molecule has 0 saturated carbocycles. The normalized spacial score (nSPS) is 18.5. The average molecular weight is 358 g/mol. The lowest BCUT2D eigenvalue weighted by molar-refractivity contribution is -0.385. The third-order valence-electron chi connectivity index (χ3n) is 4.19. The van der Waals surface area contributed by atoms with Gasteiger partial charge in [0, 0.05) is 30.8 Å². The van der Waals surface area contributed by atoms with Gasteiger partial charge >= 0.3 is 5.69 Å². The fourth-order valence-corrected chi connectivity index (χ4v) is 2.88. The predicted molar refractivity (Wildman–Crippen MR) is 93.8 cm³/mol. The van der Waals surface area contributed by atoms with E-state index in [1.165, 1.54) is 12.1 Å². The fourth-order valence-electron chi connectivity index (χ4n) is 2.88. The number of ether oxygens (including phenoxy) is 1. The van der Waals surface area contributed by atoms with Crippen LogP contribution in [-0.4, -0.2) is 41.5 Å². The molecule has 1 aliphatic rings. The van der Waals surface area contributed by atoms with Crippen LogP contribution in [0.2, 0.25) is 0 Å². The number of amides is 1. The van der Waals surface area contributed by atoms with Crippen molar-refractivity contribution < 1.29 is 14.5 Å². The number of piperidine rings is 1. The van der Waals surface area contributed by atoms with Crippen molar-refractivity contribution in [3.05, 3.63) is 33.9 Å². The van der Waals surface area contributed by atoms with Gasteiger partial charge in [-0.1, -0.05) is 0 Å². The maximum Gasteiger partial charge on any atom is 0.311 e. The van der Waals surface area contributed by atoms with E-state index in [0.717, 1.165) is 12.8 Å². The van der Waals surface area contributed by atoms with Gasteiger partial charge in [-0.05, 0) is 44.7 Å². The van der Waals surface area contributed by atoms with Crippen LogP contribution in [0.4, 0.5) is 5.69 Å². The van der Waals surface area contributed by atoms with Gasteiger partial charge in [0.1, 0.15) is 0 Å². The van der Waals surface area contributed by atoms with Crippen LogP contribution in [0, 0.1) is 16.0 Å². The Hall–Kier alpha value is -1.86. The van der Waals surface area contributed by atoms with Crippen molar-refractivity contribution in [3.63, 3.8) is 0 Å². The summed E-state index contributed by atoms with van der Waals surface area (Å²) in [6.45, 7) is 5.28. The molecular weight excluding hydrogens is 334 g/mol. The number of nitrogens with two attached hydrogens (primary N) is 1. The SMILES string of the molecule is CCOc1ccc(C(=O)N2CCCC(C(C)N)C2)cc1[N+](=O)[O-].Cl. The minimum absolute atomic E-state index is 0. The number of nitrogens with zero attached hydrogens (tertiary/aromatic N) is 2. The summed E-state index contributed by atoms with van der Waals surface area (Å²) in [4.78, 5) is 25.0. The van der Waals surface area contributed by atoms with Crippen LogP contribution in [0.3, 0.4) is 0 Å². The Morgan fingerprint density at radius 1 is 1.54 bits per heavy atom. The molecule has 8 heteroatoms. The molecular formula is C16H24ClN3O4. The zero-order valence-corrected chi connectivity index (χ0v) is 14.8. The first-order valence-electron chi connectivity index (χ1n) is 7.90. The summed E-state index contributed by atoms with van der Waals surface area (Å²) in [5.41, 5.74) is 6.07. The quantitative estimate of drug-likeness (QED) is 0.645. The van der Waals surface area contributed by atoms with Crippen LogP contribution in [0.1, 0.15) is 37.0 Å². The van der Waals surface area contributed by atoms with Crippen molar-refractivity contribution in [1.29, 1.82) is 0 Å². The molecule has 7 nitrogen and oxygen atoms in total. The number of carbonyl (C=O) groups is 1. The molecule has 1 fully saturated rings. The monoisotopic (exact) mass is 357 g/mol. The van der Waals surface area contributed by atoms with E-state index in [0.29, 0.717) is 25.3 Å². The highest BCUT2D eigenvalue weighted by molar-refractivity contribution is 5.95. The van der Waals surface area contributed by atoms with E-state index < -0.39 is 4.92 Å². The van der Waals surface area contributed by atoms with Gasteiger partial charge in [-0.2, -0.15) is 0 Å². The highest BCUT2D eigenvalue weighted by Crippen LogP contribution is 2.29. The molecule has 2 rings (SSSR count). The summed E-state index contributed by atoms with van der Waals surface area (Å²) in [7, 11) is 0. The van der Waals surface area contributed by atoms with Crippen molar-refractivity contribution in [2.24, 2.45) is 11.7 Å². The van der Waals surface area contributed by atoms with Crippen molar-refractivity contribution in [1.82, 2.24) is 4.90 Å². The number of rotatable bonds is 5. The van der Waals surface area contributed by atoms with Crippen molar-refractivity contribution >= 4 is 24.0 Å². The van der Waals surface area contributed by atoms with Crippen molar-refractivity contribution in [2.75, 3.05) is 19.7 Å². The maximum atomic E-state index is 12.6. The maximum absolute atomic E-state index is 12.6. The molecule has 1 aromatic carbocycles. The van der Waals surface area contributed by atoms with Crippen molar-refractivity contribution in [3.8, 4) is 5.75 Å². The molecule has 1 heterocycles. The topological polar surface area (TPSA) is 98.7 Å². The van der Waals surface area contributed by atoms with E-state index in [4.69, 9.17) is 10.5 Å². The van der Waals surface area contributed by atoms with Crippen LogP contribution in [-0.2, 0) is 0 Å². The number of benzene rings is 1. The Balaban J connectivity index is 0.00000288. The summed E-state index contributed by atoms with van der Waals surface area (Å²) in [6, 6.07) is 4.39. The average Bonchev–Trinajstić information content (AvgIpc) is 2.54. The smallest absolute Gasteiger partial charge is 0.311 e. The molecule has 24 heavy (non-hydrogen) atoms. The summed E-state index contributed by atoms with van der Waals surface area (Å²) in [5, 5.41) is 11.2. The minimum Gasteiger partial charge on any atom is -0.487 e. The zero-order chi connectivity index (χ0) is 17.0. The highest BCUT2D eigenvalue weighted by Gasteiger charge is 2.28. The Bertz CT molecular complexity index is 595. The van der Waals surface area contributed by atoms with Gasteiger partial charge in [-0.3, -0.25) is 14.9 Å². The molecule has 0 radical (unpaired) electrons. The lowest BCUT2D eigenvalue weighted by Gasteiger charge is -2.34. The Morgan fingerprint density at radius 3 is 2.83 bits per heavy atom. The summed E-state index contributed by atoms with van der Waals surface area (Å²) < 4.78 is 5.24. The van der Waals surface area contributed by atoms with E-state index >= 15 is 0 Å². The van der Waals surface area contributed by atoms with Crippen molar-refractivity contribution in [2.45, 2.75) is 32.7 Å². The van der Waals surface area contributed by atoms with E-state index in [1.807, 2.05) is 6.92 Å². The second-order valence-corrected chi connectivity index (χ2v) is 5.89. The minimum atomic E-state index is -0.525. The first-order valence-corrected chi connectivity index (χ1v) is 7.90. The summed E-state index contributed by atoms with van der Waals surface area (Å²) in [5.74, 6) is 0.257. The second-order valence-electron chi connectivity index (χ2n) is 5.89. The van der Waals surface area contributed by atoms with Gasteiger partial charge < -0.3 is 15.4 Å². The second kappa shape index (κ2) is 8.84. The zero-order valence-electron chi connectivity index (χ0n) is 13.9. The van der Waals surface area contributed by atoms with Gasteiger partial charge in [-0.15, -0.1) is 12.4 Å². The van der Waals surface area contributed by atoms with Crippen LogP contribution >= 0.6 is 12.4 Å². The van der Waals surface area contributed by atoms with E-state index in [-0.39, 0.29) is 41.7 Å². The van der Waals surface area contributed by atoms with E-state index in [1.54, 1.807) is 17.9 Å². The highest BCUT2D eigenvalue weighted by atomic mass is 35.5. The standard InChI is InChI=1S/C16H23N3O4.ClH/c1-3-23-15-7-6-12(9-14(15)19(21)22)16(20)18-8-4-5-13(10-18)11(2)17;/h6-7,9,11,13H,3-5,8,10,17H2,1-2H3;1H. The number of likely N-dealkylation sites (tertiary alicyclic amines) is 1. The molecule has 1 aromatic rings. The van der Waals surface area contributed by atoms with Gasteiger partial charge in [0.2, 0.25) is 0 Å². The van der Waals surface area contributed by atoms with Gasteiger partial charge in [0.05, 0.1) is 11.5 Å². The number of nitro groups is 1. The Labute approximate surface area is 147 Å². The molecule has 134 valence electrons. The number of hydrogen-bond acceptors (Lipinski definition) is 5. The molecule has 1 aliphatic heterocycles. The van der Waals surface area contributed by atoms with Gasteiger partial charge in [0.15, 0.2) is 5.75 Å². The molecule has 1 amide bonds. The molecule has 1 saturated heterocycles. The van der Waals surface area contributed by atoms with Crippen LogP contribution in [0.25, 0.3) is 0 Å². The third-order valence-corrected chi connectivity index (χ3v) is 4.19. The number of halogens is 1. The summed E-state index contributed by atoms with van der Waals surface area (Å²) >= 11 is 0. The van der Waals surface area contributed by atoms with E-state index in [9.17, 15) is 14.9 Å². The van der Waals surface area contributed by atoms with Crippen LogP contribution < -0.4 is 10.5 Å². The van der Waals surface area contributed by atoms with E-state index in [2.05, 4.69) is 0 Å². The molecule has 2 unspecified atom stereocenters. The number of hydrogen-bond donors (Lipinski definition) is 1. The first-order chi connectivity index (χ1) is 10.9. The van der Waals surface area contributed by atoms with Gasteiger partial charge in [-0.25, -0.2) is 0 Å². The molecule has 2 atom stereocenters. The number of nitro benzene ring substituents is 1. The molecule has 2 N–H and O–H groups in total. The fraction of sp³-hybridized carbons (Fsp3) is 0.562. The Kier molecular flexibility index (Phi) is 7.44. The summed E-state index contributed by atoms with van der Waals surface area (Å²) in [6.07, 6.45) is 1.90. The molecule has 0 aromatic heterocycles. The molecule has 0 spiro atoms. The number of carbonyl (C=O) groups excluding carboxylic acids is 1. The van der Waals surface area contributed by atoms with Gasteiger partial charge in [0.25, 0.3) is 5.91 Å². The molecule has 0 bridgehead atoms. The first kappa shape index (κ1) is 20.2. The lowest BCUT2D eigenvalue weighted by atomic mass is 9.92. The predicted octanol–water partition coefficient (Wildman–Crippen LogP) is 2.61.